The van der Waals surface area contributed by atoms with E-state index < -0.39 is 0 Å². The fraction of sp³-hybridized carbons (Fsp3) is 0.0769. The molecule has 1 aromatic heterocycles. The third kappa shape index (κ3) is 2.28. The highest BCUT2D eigenvalue weighted by Crippen LogP contribution is 2.16. The summed E-state index contributed by atoms with van der Waals surface area (Å²) in [5, 5.41) is 7.99. The van der Waals surface area contributed by atoms with Gasteiger partial charge >= 0.3 is 0 Å². The summed E-state index contributed by atoms with van der Waals surface area (Å²) >= 11 is 5.94. The highest BCUT2D eigenvalue weighted by molar-refractivity contribution is 6.30. The summed E-state index contributed by atoms with van der Waals surface area (Å²) in [6.45, 7) is 1.81. The largest absolute Gasteiger partial charge is 0.384 e. The number of hydrogen-bond acceptors (Lipinski definition) is 2. The predicted molar refractivity (Wildman–Crippen MR) is 72.8 cm³/mol. The topological polar surface area (TPSA) is 71.9 Å². The van der Waals surface area contributed by atoms with Crippen molar-refractivity contribution in [3.05, 3.63) is 63.0 Å². The van der Waals surface area contributed by atoms with Gasteiger partial charge in [0.1, 0.15) is 5.84 Å². The molecule has 0 fully saturated rings. The molecule has 0 spiro atoms. The van der Waals surface area contributed by atoms with Crippen LogP contribution < -0.4 is 11.2 Å². The Morgan fingerprint density at radius 1 is 1.39 bits per heavy atom. The Bertz CT molecular complexity index is 676. The number of amidine groups is 1. The zero-order valence-electron chi connectivity index (χ0n) is 9.77. The molecule has 0 aliphatic heterocycles. The van der Waals surface area contributed by atoms with Gasteiger partial charge in [-0.15, -0.1) is 0 Å². The zero-order chi connectivity index (χ0) is 13.3. The van der Waals surface area contributed by atoms with Crippen LogP contribution in [0, 0.1) is 12.3 Å². The van der Waals surface area contributed by atoms with Gasteiger partial charge in [-0.1, -0.05) is 17.7 Å². The van der Waals surface area contributed by atoms with Crippen molar-refractivity contribution >= 4 is 17.4 Å². The molecule has 5 heteroatoms. The summed E-state index contributed by atoms with van der Waals surface area (Å²) in [7, 11) is 0. The highest BCUT2D eigenvalue weighted by atomic mass is 35.5. The van der Waals surface area contributed by atoms with E-state index in [0.29, 0.717) is 5.02 Å². The van der Waals surface area contributed by atoms with Crippen LogP contribution in [-0.4, -0.2) is 10.4 Å². The number of aromatic nitrogens is 1. The number of aryl methyl sites for hydroxylation is 1. The molecule has 4 nitrogen and oxygen atoms in total. The maximum atomic E-state index is 11.7. The minimum atomic E-state index is -0.252. The van der Waals surface area contributed by atoms with Crippen molar-refractivity contribution in [3.63, 3.8) is 0 Å². The van der Waals surface area contributed by atoms with Crippen molar-refractivity contribution in [1.29, 1.82) is 5.41 Å². The molecule has 2 aromatic rings. The van der Waals surface area contributed by atoms with E-state index in [1.807, 2.05) is 19.1 Å². The van der Waals surface area contributed by atoms with Crippen LogP contribution in [0.1, 0.15) is 11.3 Å². The smallest absolute Gasteiger partial charge is 0.192 e. The highest BCUT2D eigenvalue weighted by Gasteiger charge is 2.07. The van der Waals surface area contributed by atoms with Gasteiger partial charge < -0.3 is 10.3 Å². The maximum absolute atomic E-state index is 11.7. The van der Waals surface area contributed by atoms with E-state index in [4.69, 9.17) is 22.7 Å². The van der Waals surface area contributed by atoms with Gasteiger partial charge in [-0.3, -0.25) is 10.2 Å². The molecular formula is C13H12ClN3O. The van der Waals surface area contributed by atoms with Gasteiger partial charge in [0.15, 0.2) is 5.43 Å². The van der Waals surface area contributed by atoms with Crippen LogP contribution in [0.3, 0.4) is 0 Å². The van der Waals surface area contributed by atoms with Crippen LogP contribution in [0.5, 0.6) is 0 Å². The second-order valence-electron chi connectivity index (χ2n) is 3.96. The quantitative estimate of drug-likeness (QED) is 0.642. The second-order valence-corrected chi connectivity index (χ2v) is 4.39. The molecule has 0 atom stereocenters. The second kappa shape index (κ2) is 4.66. The van der Waals surface area contributed by atoms with Gasteiger partial charge in [0.2, 0.25) is 0 Å². The number of rotatable bonds is 2. The fourth-order valence-electron chi connectivity index (χ4n) is 1.74. The van der Waals surface area contributed by atoms with E-state index >= 15 is 0 Å². The predicted octanol–water partition coefficient (Wildman–Crippen LogP) is 2.08. The van der Waals surface area contributed by atoms with Gasteiger partial charge in [-0.25, -0.2) is 0 Å². The molecule has 92 valence electrons. The summed E-state index contributed by atoms with van der Waals surface area (Å²) in [5.74, 6) is -0.240. The maximum Gasteiger partial charge on any atom is 0.192 e. The molecule has 0 aliphatic rings. The number of nitrogens with two attached hydrogens (primary N) is 1. The lowest BCUT2D eigenvalue weighted by atomic mass is 10.2. The Morgan fingerprint density at radius 2 is 2.11 bits per heavy atom. The fourth-order valence-corrected chi connectivity index (χ4v) is 1.92. The van der Waals surface area contributed by atoms with Crippen LogP contribution in [0.4, 0.5) is 0 Å². The van der Waals surface area contributed by atoms with Crippen molar-refractivity contribution in [3.8, 4) is 5.69 Å². The third-order valence-electron chi connectivity index (χ3n) is 2.62. The van der Waals surface area contributed by atoms with E-state index in [1.54, 1.807) is 22.9 Å². The normalized spacial score (nSPS) is 10.3. The van der Waals surface area contributed by atoms with Crippen LogP contribution in [0.2, 0.25) is 5.02 Å². The van der Waals surface area contributed by atoms with Gasteiger partial charge in [0.05, 0.1) is 5.56 Å². The first-order chi connectivity index (χ1) is 8.49. The molecule has 2 rings (SSSR count). The summed E-state index contributed by atoms with van der Waals surface area (Å²) in [4.78, 5) is 11.7. The molecule has 0 amide bonds. The first-order valence-corrected chi connectivity index (χ1v) is 5.70. The summed E-state index contributed by atoms with van der Waals surface area (Å²) in [5.41, 5.74) is 6.89. The number of nitrogens with one attached hydrogen (secondary N) is 1. The van der Waals surface area contributed by atoms with E-state index in [1.165, 1.54) is 6.07 Å². The number of hydrogen-bond donors (Lipinski definition) is 2. The monoisotopic (exact) mass is 261 g/mol. The van der Waals surface area contributed by atoms with Crippen LogP contribution in [-0.2, 0) is 0 Å². The van der Waals surface area contributed by atoms with Crippen molar-refractivity contribution in [2.75, 3.05) is 0 Å². The van der Waals surface area contributed by atoms with E-state index in [9.17, 15) is 4.79 Å². The minimum Gasteiger partial charge on any atom is -0.384 e. The lowest BCUT2D eigenvalue weighted by molar-refractivity contribution is 0.969. The van der Waals surface area contributed by atoms with E-state index in [-0.39, 0.29) is 16.8 Å². The average molecular weight is 262 g/mol. The Hall–Kier alpha value is -2.07. The van der Waals surface area contributed by atoms with Crippen molar-refractivity contribution in [1.82, 2.24) is 4.57 Å². The first kappa shape index (κ1) is 12.4. The van der Waals surface area contributed by atoms with Crippen LogP contribution in [0.15, 0.2) is 41.3 Å². The molecule has 0 unspecified atom stereocenters. The van der Waals surface area contributed by atoms with Gasteiger partial charge in [0.25, 0.3) is 0 Å². The molecule has 0 saturated heterocycles. The summed E-state index contributed by atoms with van der Waals surface area (Å²) in [6.07, 6.45) is 1.56. The van der Waals surface area contributed by atoms with Crippen LogP contribution in [0.25, 0.3) is 5.69 Å². The molecular weight excluding hydrogens is 250 g/mol. The molecule has 1 heterocycles. The Labute approximate surface area is 109 Å². The Kier molecular flexibility index (Phi) is 3.21. The number of pyridine rings is 1. The van der Waals surface area contributed by atoms with Gasteiger partial charge in [-0.05, 0) is 25.1 Å². The van der Waals surface area contributed by atoms with Gasteiger partial charge in [0, 0.05) is 28.7 Å². The lowest BCUT2D eigenvalue weighted by Crippen LogP contribution is -2.23. The first-order valence-electron chi connectivity index (χ1n) is 5.32. The van der Waals surface area contributed by atoms with E-state index in [0.717, 1.165) is 11.4 Å². The average Bonchev–Trinajstić information content (AvgIpc) is 2.28. The Balaban J connectivity index is 2.68. The molecule has 3 N–H and O–H groups in total. The van der Waals surface area contributed by atoms with Crippen molar-refractivity contribution in [2.24, 2.45) is 5.73 Å². The SMILES string of the molecule is Cc1cc(=O)c(C(=N)N)cn1-c1cccc(Cl)c1. The molecule has 0 saturated carbocycles. The standard InChI is InChI=1S/C13H12ClN3O/c1-8-5-12(18)11(13(15)16)7-17(8)10-4-2-3-9(14)6-10/h2-7H,1H3,(H3,15,16). The number of nitrogens with zero attached hydrogens (tertiary/aromatic N) is 1. The molecule has 1 aromatic carbocycles. The lowest BCUT2D eigenvalue weighted by Gasteiger charge is -2.12. The zero-order valence-corrected chi connectivity index (χ0v) is 10.5. The number of benzene rings is 1. The van der Waals surface area contributed by atoms with E-state index in [2.05, 4.69) is 0 Å². The van der Waals surface area contributed by atoms with Crippen molar-refractivity contribution < 1.29 is 0 Å². The number of nitrogen functional groups attached to an aromatic ring is 1. The van der Waals surface area contributed by atoms with Crippen LogP contribution >= 0.6 is 11.6 Å². The van der Waals surface area contributed by atoms with Gasteiger partial charge in [-0.2, -0.15) is 0 Å². The minimum absolute atomic E-state index is 0.181. The summed E-state index contributed by atoms with van der Waals surface area (Å²) in [6, 6.07) is 8.70. The number of halogens is 1. The molecule has 0 radical (unpaired) electrons. The Morgan fingerprint density at radius 3 is 2.72 bits per heavy atom. The third-order valence-corrected chi connectivity index (χ3v) is 2.86. The molecule has 0 bridgehead atoms. The molecule has 0 aliphatic carbocycles. The summed E-state index contributed by atoms with van der Waals surface area (Å²) < 4.78 is 1.78. The molecule has 18 heavy (non-hydrogen) atoms. The van der Waals surface area contributed by atoms with Crippen molar-refractivity contribution in [2.45, 2.75) is 6.92 Å².